The lowest BCUT2D eigenvalue weighted by molar-refractivity contribution is -0.146. The molecule has 6 heteroatoms. The van der Waals surface area contributed by atoms with Gasteiger partial charge in [0.2, 0.25) is 0 Å². The Morgan fingerprint density at radius 3 is 2.94 bits per heavy atom. The van der Waals surface area contributed by atoms with E-state index in [1.54, 1.807) is 24.9 Å². The summed E-state index contributed by atoms with van der Waals surface area (Å²) in [5.41, 5.74) is 4.98. The minimum absolute atomic E-state index is 0.356. The maximum Gasteiger partial charge on any atom is 0.325 e. The molecule has 1 rings (SSSR count). The van der Waals surface area contributed by atoms with Gasteiger partial charge in [-0.2, -0.15) is 0 Å². The lowest BCUT2D eigenvalue weighted by atomic mass is 9.97. The van der Waals surface area contributed by atoms with Gasteiger partial charge in [-0.1, -0.05) is 6.42 Å². The van der Waals surface area contributed by atoms with Gasteiger partial charge in [-0.05, 0) is 31.6 Å². The largest absolute Gasteiger partial charge is 0.468 e. The van der Waals surface area contributed by atoms with Crippen molar-refractivity contribution in [2.45, 2.75) is 36.8 Å². The van der Waals surface area contributed by atoms with Crippen molar-refractivity contribution in [1.29, 1.82) is 0 Å². The Labute approximate surface area is 112 Å². The van der Waals surface area contributed by atoms with Gasteiger partial charge in [-0.25, -0.2) is 9.97 Å². The molecule has 0 spiro atoms. The van der Waals surface area contributed by atoms with E-state index in [4.69, 9.17) is 5.73 Å². The van der Waals surface area contributed by atoms with Crippen molar-refractivity contribution in [3.63, 3.8) is 0 Å². The Balaban J connectivity index is 2.17. The standard InChI is InChI=1S/C12H19N3O2S/c1-12(13,11(16)17-2)6-3-4-8-18-10-5-7-14-9-15-10/h5,7,9H,3-4,6,8,13H2,1-2H3. The van der Waals surface area contributed by atoms with Crippen LogP contribution >= 0.6 is 11.8 Å². The Morgan fingerprint density at radius 1 is 1.56 bits per heavy atom. The first-order valence-corrected chi connectivity index (χ1v) is 6.81. The van der Waals surface area contributed by atoms with Gasteiger partial charge in [0.25, 0.3) is 0 Å². The highest BCUT2D eigenvalue weighted by Gasteiger charge is 2.28. The molecule has 0 aliphatic heterocycles. The van der Waals surface area contributed by atoms with E-state index in [1.807, 2.05) is 6.07 Å². The summed E-state index contributed by atoms with van der Waals surface area (Å²) in [6, 6.07) is 1.88. The van der Waals surface area contributed by atoms with E-state index in [0.717, 1.165) is 23.6 Å². The van der Waals surface area contributed by atoms with Crippen molar-refractivity contribution in [2.24, 2.45) is 5.73 Å². The molecule has 18 heavy (non-hydrogen) atoms. The molecule has 1 unspecified atom stereocenters. The fourth-order valence-electron chi connectivity index (χ4n) is 1.47. The maximum absolute atomic E-state index is 11.3. The van der Waals surface area contributed by atoms with E-state index >= 15 is 0 Å². The molecule has 0 saturated heterocycles. The monoisotopic (exact) mass is 269 g/mol. The summed E-state index contributed by atoms with van der Waals surface area (Å²) >= 11 is 1.68. The Kier molecular flexibility index (Phi) is 6.07. The third kappa shape index (κ3) is 5.01. The molecule has 0 aliphatic rings. The fraction of sp³-hybridized carbons (Fsp3) is 0.583. The number of nitrogens with two attached hydrogens (primary N) is 1. The maximum atomic E-state index is 11.3. The Morgan fingerprint density at radius 2 is 2.33 bits per heavy atom. The zero-order valence-electron chi connectivity index (χ0n) is 10.8. The molecule has 1 aromatic heterocycles. The van der Waals surface area contributed by atoms with Crippen LogP contribution < -0.4 is 5.73 Å². The van der Waals surface area contributed by atoms with Crippen molar-refractivity contribution in [3.8, 4) is 0 Å². The molecular weight excluding hydrogens is 250 g/mol. The van der Waals surface area contributed by atoms with Gasteiger partial charge >= 0.3 is 5.97 Å². The molecule has 2 N–H and O–H groups in total. The molecular formula is C12H19N3O2S. The van der Waals surface area contributed by atoms with E-state index in [2.05, 4.69) is 14.7 Å². The van der Waals surface area contributed by atoms with Crippen LogP contribution in [0.1, 0.15) is 26.2 Å². The number of nitrogens with zero attached hydrogens (tertiary/aromatic N) is 2. The number of thioether (sulfide) groups is 1. The Bertz CT molecular complexity index is 371. The second-order valence-corrected chi connectivity index (χ2v) is 5.38. The van der Waals surface area contributed by atoms with Gasteiger partial charge in [0.15, 0.2) is 0 Å². The number of carbonyl (C=O) groups is 1. The quantitative estimate of drug-likeness (QED) is 0.351. The lowest BCUT2D eigenvalue weighted by Gasteiger charge is -2.20. The zero-order chi connectivity index (χ0) is 13.4. The van der Waals surface area contributed by atoms with Crippen LogP contribution in [-0.2, 0) is 9.53 Å². The van der Waals surface area contributed by atoms with Crippen LogP contribution in [0.3, 0.4) is 0 Å². The van der Waals surface area contributed by atoms with E-state index in [9.17, 15) is 4.79 Å². The smallest absolute Gasteiger partial charge is 0.325 e. The number of hydrogen-bond donors (Lipinski definition) is 1. The summed E-state index contributed by atoms with van der Waals surface area (Å²) < 4.78 is 4.66. The molecule has 0 fully saturated rings. The number of unbranched alkanes of at least 4 members (excludes halogenated alkanes) is 1. The minimum Gasteiger partial charge on any atom is -0.468 e. The lowest BCUT2D eigenvalue weighted by Crippen LogP contribution is -2.45. The third-order valence-electron chi connectivity index (χ3n) is 2.55. The first kappa shape index (κ1) is 14.9. The van der Waals surface area contributed by atoms with Crippen molar-refractivity contribution < 1.29 is 9.53 Å². The summed E-state index contributed by atoms with van der Waals surface area (Å²) in [6.45, 7) is 1.70. The number of ether oxygens (including phenoxy) is 1. The van der Waals surface area contributed by atoms with Crippen LogP contribution in [0.5, 0.6) is 0 Å². The predicted octanol–water partition coefficient (Wildman–Crippen LogP) is 1.63. The highest BCUT2D eigenvalue weighted by molar-refractivity contribution is 7.99. The van der Waals surface area contributed by atoms with Crippen molar-refractivity contribution in [1.82, 2.24) is 9.97 Å². The van der Waals surface area contributed by atoms with Crippen LogP contribution in [0.4, 0.5) is 0 Å². The molecule has 5 nitrogen and oxygen atoms in total. The van der Waals surface area contributed by atoms with Gasteiger partial charge in [0, 0.05) is 6.20 Å². The van der Waals surface area contributed by atoms with Crippen LogP contribution in [0.15, 0.2) is 23.6 Å². The molecule has 0 bridgehead atoms. The van der Waals surface area contributed by atoms with Crippen LogP contribution in [-0.4, -0.2) is 34.3 Å². The van der Waals surface area contributed by atoms with Crippen molar-refractivity contribution in [3.05, 3.63) is 18.6 Å². The van der Waals surface area contributed by atoms with Crippen LogP contribution in [0.25, 0.3) is 0 Å². The predicted molar refractivity (Wildman–Crippen MR) is 71.2 cm³/mol. The van der Waals surface area contributed by atoms with Gasteiger partial charge in [-0.3, -0.25) is 4.79 Å². The molecule has 0 aromatic carbocycles. The van der Waals surface area contributed by atoms with Crippen molar-refractivity contribution >= 4 is 17.7 Å². The summed E-state index contributed by atoms with van der Waals surface area (Å²) in [4.78, 5) is 19.3. The summed E-state index contributed by atoms with van der Waals surface area (Å²) in [7, 11) is 1.36. The van der Waals surface area contributed by atoms with Crippen LogP contribution in [0, 0.1) is 0 Å². The van der Waals surface area contributed by atoms with Crippen LogP contribution in [0.2, 0.25) is 0 Å². The third-order valence-corrected chi connectivity index (χ3v) is 3.58. The second-order valence-electron chi connectivity index (χ2n) is 4.26. The molecule has 1 aromatic rings. The molecule has 1 atom stereocenters. The number of carbonyl (C=O) groups excluding carboxylic acids is 1. The topological polar surface area (TPSA) is 78.1 Å². The molecule has 0 saturated carbocycles. The number of hydrogen-bond acceptors (Lipinski definition) is 6. The number of methoxy groups -OCH3 is 1. The minimum atomic E-state index is -0.881. The molecule has 0 radical (unpaired) electrons. The molecule has 1 heterocycles. The average molecular weight is 269 g/mol. The summed E-state index contributed by atoms with van der Waals surface area (Å²) in [6.07, 6.45) is 5.77. The fourth-order valence-corrected chi connectivity index (χ4v) is 2.31. The first-order chi connectivity index (χ1) is 8.56. The highest BCUT2D eigenvalue weighted by atomic mass is 32.2. The Hall–Kier alpha value is -1.14. The van der Waals surface area contributed by atoms with E-state index in [-0.39, 0.29) is 5.97 Å². The van der Waals surface area contributed by atoms with E-state index in [0.29, 0.717) is 6.42 Å². The number of aromatic nitrogens is 2. The molecule has 0 aliphatic carbocycles. The number of esters is 1. The average Bonchev–Trinajstić information content (AvgIpc) is 2.38. The zero-order valence-corrected chi connectivity index (χ0v) is 11.6. The normalized spacial score (nSPS) is 13.9. The SMILES string of the molecule is COC(=O)C(C)(N)CCCCSc1ccncn1. The van der Waals surface area contributed by atoms with Gasteiger partial charge in [0.1, 0.15) is 11.9 Å². The first-order valence-electron chi connectivity index (χ1n) is 5.82. The van der Waals surface area contributed by atoms with E-state index < -0.39 is 5.54 Å². The second kappa shape index (κ2) is 7.33. The summed E-state index contributed by atoms with van der Waals surface area (Å²) in [5, 5.41) is 0.966. The molecule has 100 valence electrons. The van der Waals surface area contributed by atoms with E-state index in [1.165, 1.54) is 13.4 Å². The molecule has 0 amide bonds. The highest BCUT2D eigenvalue weighted by Crippen LogP contribution is 2.18. The summed E-state index contributed by atoms with van der Waals surface area (Å²) in [5.74, 6) is 0.597. The van der Waals surface area contributed by atoms with Crippen molar-refractivity contribution in [2.75, 3.05) is 12.9 Å². The van der Waals surface area contributed by atoms with Gasteiger partial charge in [0.05, 0.1) is 12.1 Å². The van der Waals surface area contributed by atoms with Gasteiger partial charge < -0.3 is 10.5 Å². The number of rotatable bonds is 7. The van der Waals surface area contributed by atoms with Gasteiger partial charge in [-0.15, -0.1) is 11.8 Å².